The lowest BCUT2D eigenvalue weighted by Gasteiger charge is -2.11. The largest absolute Gasteiger partial charge is 0.465 e. The minimum Gasteiger partial charge on any atom is -0.465 e. The van der Waals surface area contributed by atoms with Gasteiger partial charge in [-0.2, -0.15) is 4.98 Å². The summed E-state index contributed by atoms with van der Waals surface area (Å²) >= 11 is 0. The number of aromatic nitrogens is 5. The summed E-state index contributed by atoms with van der Waals surface area (Å²) in [5.74, 6) is -0.158. The molecule has 9 heteroatoms. The predicted molar refractivity (Wildman–Crippen MR) is 133 cm³/mol. The third-order valence-electron chi connectivity index (χ3n) is 5.98. The zero-order valence-electron chi connectivity index (χ0n) is 20.0. The molecule has 0 saturated heterocycles. The van der Waals surface area contributed by atoms with Crippen LogP contribution in [0.4, 0.5) is 0 Å². The first-order valence-electron chi connectivity index (χ1n) is 11.3. The first kappa shape index (κ1) is 22.4. The maximum atomic E-state index is 13.5. The highest BCUT2D eigenvalue weighted by molar-refractivity contribution is 5.80. The Morgan fingerprint density at radius 1 is 1.03 bits per heavy atom. The summed E-state index contributed by atoms with van der Waals surface area (Å²) in [6, 6.07) is 16.0. The number of hydrogen-bond acceptors (Lipinski definition) is 5. The molecule has 0 saturated carbocycles. The SMILES string of the molecule is CCOC(=O)Cn1c(=O)c2c(nc3n(-c4cc(C)cc(C)c4)c(-c4ccccc4)cn23)n(C)c1=O. The number of ether oxygens (including phenoxy) is 1. The van der Waals surface area contributed by atoms with Crippen molar-refractivity contribution in [1.29, 1.82) is 0 Å². The number of benzene rings is 2. The minimum absolute atomic E-state index is 0.159. The van der Waals surface area contributed by atoms with Crippen LogP contribution in [0.25, 0.3) is 33.9 Å². The summed E-state index contributed by atoms with van der Waals surface area (Å²) in [6.45, 7) is 5.42. The monoisotopic (exact) mass is 471 g/mol. The number of hydrogen-bond donors (Lipinski definition) is 0. The molecule has 35 heavy (non-hydrogen) atoms. The van der Waals surface area contributed by atoms with Crippen LogP contribution < -0.4 is 11.2 Å². The van der Waals surface area contributed by atoms with Gasteiger partial charge in [0.1, 0.15) is 6.54 Å². The molecule has 0 N–H and O–H groups in total. The predicted octanol–water partition coefficient (Wildman–Crippen LogP) is 2.99. The van der Waals surface area contributed by atoms with Crippen LogP contribution in [-0.2, 0) is 23.1 Å². The molecule has 0 aliphatic rings. The number of carbonyl (C=O) groups excluding carboxylic acids is 1. The molecule has 0 aliphatic carbocycles. The van der Waals surface area contributed by atoms with Gasteiger partial charge in [0.2, 0.25) is 5.78 Å². The molecule has 0 bridgehead atoms. The molecule has 0 atom stereocenters. The van der Waals surface area contributed by atoms with Gasteiger partial charge in [-0.3, -0.25) is 23.1 Å². The van der Waals surface area contributed by atoms with Crippen molar-refractivity contribution in [2.24, 2.45) is 7.05 Å². The number of aryl methyl sites for hydroxylation is 3. The summed E-state index contributed by atoms with van der Waals surface area (Å²) in [5.41, 5.74) is 4.09. The van der Waals surface area contributed by atoms with Gasteiger partial charge in [-0.05, 0) is 44.0 Å². The summed E-state index contributed by atoms with van der Waals surface area (Å²) in [7, 11) is 1.54. The molecule has 0 fully saturated rings. The van der Waals surface area contributed by atoms with E-state index in [0.717, 1.165) is 32.6 Å². The van der Waals surface area contributed by atoms with Gasteiger partial charge in [0.05, 0.1) is 12.3 Å². The average molecular weight is 472 g/mol. The second-order valence-corrected chi connectivity index (χ2v) is 8.55. The molecule has 5 rings (SSSR count). The van der Waals surface area contributed by atoms with Gasteiger partial charge in [-0.1, -0.05) is 36.4 Å². The number of esters is 1. The average Bonchev–Trinajstić information content (AvgIpc) is 3.37. The van der Waals surface area contributed by atoms with E-state index in [1.165, 1.54) is 11.6 Å². The Morgan fingerprint density at radius 3 is 2.37 bits per heavy atom. The van der Waals surface area contributed by atoms with E-state index < -0.39 is 23.8 Å². The fraction of sp³-hybridized carbons (Fsp3) is 0.231. The Balaban J connectivity index is 1.88. The van der Waals surface area contributed by atoms with E-state index in [4.69, 9.17) is 9.72 Å². The Bertz CT molecular complexity index is 1700. The summed E-state index contributed by atoms with van der Waals surface area (Å²) in [5, 5.41) is 0. The third kappa shape index (κ3) is 3.65. The Hall–Kier alpha value is -4.40. The number of carbonyl (C=O) groups is 1. The van der Waals surface area contributed by atoms with E-state index in [0.29, 0.717) is 5.78 Å². The first-order chi connectivity index (χ1) is 16.8. The van der Waals surface area contributed by atoms with Crippen LogP contribution in [0, 0.1) is 13.8 Å². The van der Waals surface area contributed by atoms with Gasteiger partial charge in [0.25, 0.3) is 5.56 Å². The van der Waals surface area contributed by atoms with E-state index in [2.05, 4.69) is 18.2 Å². The molecule has 0 radical (unpaired) electrons. The molecule has 0 unspecified atom stereocenters. The van der Waals surface area contributed by atoms with Crippen molar-refractivity contribution in [3.05, 3.63) is 86.7 Å². The Morgan fingerprint density at radius 2 is 1.71 bits per heavy atom. The lowest BCUT2D eigenvalue weighted by molar-refractivity contribution is -0.143. The Labute approximate surface area is 200 Å². The van der Waals surface area contributed by atoms with Crippen molar-refractivity contribution in [1.82, 2.24) is 23.1 Å². The van der Waals surface area contributed by atoms with Crippen LogP contribution in [0.2, 0.25) is 0 Å². The van der Waals surface area contributed by atoms with Gasteiger partial charge in [-0.25, -0.2) is 9.36 Å². The minimum atomic E-state index is -0.649. The van der Waals surface area contributed by atoms with E-state index >= 15 is 0 Å². The topological polar surface area (TPSA) is 92.5 Å². The van der Waals surface area contributed by atoms with Crippen molar-refractivity contribution >= 4 is 22.9 Å². The van der Waals surface area contributed by atoms with E-state index in [1.807, 2.05) is 54.9 Å². The molecule has 3 aromatic heterocycles. The molecule has 3 heterocycles. The van der Waals surface area contributed by atoms with Crippen LogP contribution >= 0.6 is 0 Å². The van der Waals surface area contributed by atoms with Crippen LogP contribution in [0.3, 0.4) is 0 Å². The second-order valence-electron chi connectivity index (χ2n) is 8.55. The van der Waals surface area contributed by atoms with Crippen molar-refractivity contribution in [2.45, 2.75) is 27.3 Å². The van der Waals surface area contributed by atoms with Crippen LogP contribution in [-0.4, -0.2) is 35.7 Å². The fourth-order valence-electron chi connectivity index (χ4n) is 4.52. The number of rotatable bonds is 5. The first-order valence-corrected chi connectivity index (χ1v) is 11.3. The molecule has 5 aromatic rings. The van der Waals surface area contributed by atoms with Gasteiger partial charge >= 0.3 is 11.7 Å². The zero-order chi connectivity index (χ0) is 24.9. The lowest BCUT2D eigenvalue weighted by Crippen LogP contribution is -2.41. The molecular weight excluding hydrogens is 446 g/mol. The molecule has 178 valence electrons. The van der Waals surface area contributed by atoms with Crippen LogP contribution in [0.15, 0.2) is 64.3 Å². The quantitative estimate of drug-likeness (QED) is 0.368. The van der Waals surface area contributed by atoms with E-state index in [9.17, 15) is 14.4 Å². The summed E-state index contributed by atoms with van der Waals surface area (Å²) < 4.78 is 10.8. The lowest BCUT2D eigenvalue weighted by atomic mass is 10.1. The van der Waals surface area contributed by atoms with Crippen LogP contribution in [0.5, 0.6) is 0 Å². The summed E-state index contributed by atoms with van der Waals surface area (Å²) in [4.78, 5) is 43.3. The molecule has 2 aromatic carbocycles. The molecule has 0 aliphatic heterocycles. The van der Waals surface area contributed by atoms with E-state index in [1.54, 1.807) is 11.3 Å². The van der Waals surface area contributed by atoms with Crippen LogP contribution in [0.1, 0.15) is 18.1 Å². The maximum absolute atomic E-state index is 13.5. The van der Waals surface area contributed by atoms with Crippen molar-refractivity contribution in [2.75, 3.05) is 6.61 Å². The molecule has 9 nitrogen and oxygen atoms in total. The van der Waals surface area contributed by atoms with Crippen molar-refractivity contribution in [3.63, 3.8) is 0 Å². The van der Waals surface area contributed by atoms with Crippen molar-refractivity contribution < 1.29 is 9.53 Å². The number of imidazole rings is 2. The highest BCUT2D eigenvalue weighted by Gasteiger charge is 2.23. The molecule has 0 amide bonds. The number of fused-ring (bicyclic) bond motifs is 3. The van der Waals surface area contributed by atoms with E-state index in [-0.39, 0.29) is 17.8 Å². The van der Waals surface area contributed by atoms with Gasteiger partial charge in [0, 0.05) is 24.5 Å². The Kier molecular flexibility index (Phi) is 5.39. The maximum Gasteiger partial charge on any atom is 0.333 e. The second kappa shape index (κ2) is 8.43. The highest BCUT2D eigenvalue weighted by atomic mass is 16.5. The van der Waals surface area contributed by atoms with Crippen molar-refractivity contribution in [3.8, 4) is 16.9 Å². The highest BCUT2D eigenvalue weighted by Crippen LogP contribution is 2.29. The normalized spacial score (nSPS) is 11.4. The smallest absolute Gasteiger partial charge is 0.333 e. The number of nitrogens with zero attached hydrogens (tertiary/aromatic N) is 5. The zero-order valence-corrected chi connectivity index (χ0v) is 20.0. The van der Waals surface area contributed by atoms with Gasteiger partial charge < -0.3 is 4.74 Å². The third-order valence-corrected chi connectivity index (χ3v) is 5.98. The summed E-state index contributed by atoms with van der Waals surface area (Å²) in [6.07, 6.45) is 1.85. The molecular formula is C26H25N5O4. The molecule has 0 spiro atoms. The standard InChI is InChI=1S/C26H25N5O4/c1-5-35-21(32)15-30-24(33)22-23(28(4)26(30)34)27-25-29(22)14-20(18-9-7-6-8-10-18)31(25)19-12-16(2)11-17(3)13-19/h6-14H,5,15H2,1-4H3. The van der Waals surface area contributed by atoms with Gasteiger partial charge in [-0.15, -0.1) is 0 Å². The van der Waals surface area contributed by atoms with Gasteiger partial charge in [0.15, 0.2) is 11.2 Å². The fourth-order valence-corrected chi connectivity index (χ4v) is 4.52.